The summed E-state index contributed by atoms with van der Waals surface area (Å²) in [5.74, 6) is 0. The second-order valence-electron chi connectivity index (χ2n) is 32.5. The molecule has 6 aromatic carbocycles. The van der Waals surface area contributed by atoms with E-state index >= 15 is 0 Å². The minimum absolute atomic E-state index is 0.0540. The van der Waals surface area contributed by atoms with Crippen LogP contribution in [-0.2, 0) is 48.9 Å². The fourth-order valence-electron chi connectivity index (χ4n) is 13.6. The molecule has 0 fully saturated rings. The number of benzene rings is 6. The first-order chi connectivity index (χ1) is 35.4. The van der Waals surface area contributed by atoms with Crippen LogP contribution < -0.4 is 13.6 Å². The van der Waals surface area contributed by atoms with Gasteiger partial charge in [-0.25, -0.2) is 0 Å². The van der Waals surface area contributed by atoms with Gasteiger partial charge in [0, 0.05) is 0 Å². The summed E-state index contributed by atoms with van der Waals surface area (Å²) in [6, 6.07) is 41.3. The van der Waals surface area contributed by atoms with Gasteiger partial charge in [0.1, 0.15) is 0 Å². The Morgan fingerprint density at radius 1 is 0.372 bits per heavy atom. The average molecular weight is 1170 g/mol. The Hall–Kier alpha value is -3.52. The molecule has 0 radical (unpaired) electrons. The molecule has 2 atom stereocenters. The van der Waals surface area contributed by atoms with Crippen molar-refractivity contribution in [3.63, 3.8) is 0 Å². The number of hydrogen-bond acceptors (Lipinski definition) is 0. The van der Waals surface area contributed by atoms with Gasteiger partial charge in [0.2, 0.25) is 0 Å². The fourth-order valence-corrected chi connectivity index (χ4v) is 41.9. The van der Waals surface area contributed by atoms with Gasteiger partial charge in [-0.3, -0.25) is 0 Å². The van der Waals surface area contributed by atoms with E-state index in [1.54, 1.807) is 0 Å². The van der Waals surface area contributed by atoms with Crippen LogP contribution in [0.1, 0.15) is 229 Å². The quantitative estimate of drug-likeness (QED) is 0.151. The zero-order valence-electron chi connectivity index (χ0n) is 52.6. The van der Waals surface area contributed by atoms with Gasteiger partial charge in [0.15, 0.2) is 0 Å². The van der Waals surface area contributed by atoms with E-state index in [0.717, 1.165) is 0 Å². The molecule has 0 nitrogen and oxygen atoms in total. The first-order valence-corrected chi connectivity index (χ1v) is 41.1. The van der Waals surface area contributed by atoms with E-state index in [4.69, 9.17) is 0 Å². The fraction of sp³-hybridized carbons (Fsp3) is 0.459. The van der Waals surface area contributed by atoms with Crippen molar-refractivity contribution in [1.29, 1.82) is 0 Å². The summed E-state index contributed by atoms with van der Waals surface area (Å²) in [6.45, 7) is 57.2. The maximum absolute atomic E-state index is 9.93. The Morgan fingerprint density at radius 3 is 1.08 bits per heavy atom. The monoisotopic (exact) mass is 1170 g/mol. The topological polar surface area (TPSA) is 0 Å². The molecule has 3 aliphatic rings. The SMILES string of the molecule is CC(C)(C)C1=Cc2c(ccc(C(C)(C)C)c2-c2cc(C(C)(C)C)cc(C(C)(C)C)c2)[CH]1[Zr]([Cl])([Cl])([c]1cccc2c1[SiH2]c1ccccc1-2)[CH]1C(C(C)(C)C)=Cc2c1ccc(C(C)(C)C)c2-c1cc(C(C)(C)C)cc(C(C)(C)C)c1. The standard InChI is InChI=1S/2C31H43.C12H9Si.2ClH.Zr/c2*1-28(2,3)22-16-21(17-23(18-22)29(4,5)6)27-25-19-24(30(7,8)9)15-20(25)13-14-26(27)31(10,11)12;1-3-7-11-9(5-1)10-6-2-4-8-12(10)13-11;;;/h2*13-19H,1-12H3;1-7H,13H2;2*1H;/q;;;;;+2/p-2. The van der Waals surface area contributed by atoms with Crippen LogP contribution in [0, 0.1) is 10.8 Å². The zero-order valence-corrected chi connectivity index (χ0v) is 58.0. The Labute approximate surface area is 484 Å². The van der Waals surface area contributed by atoms with Crippen molar-refractivity contribution < 1.29 is 16.4 Å². The number of halogens is 2. The number of allylic oxidation sites excluding steroid dienone is 2. The normalized spacial score (nSPS) is 18.1. The van der Waals surface area contributed by atoms with Crippen LogP contribution in [0.25, 0.3) is 45.5 Å². The third-order valence-electron chi connectivity index (χ3n) is 18.1. The van der Waals surface area contributed by atoms with E-state index < -0.39 is 25.9 Å². The van der Waals surface area contributed by atoms with Crippen LogP contribution >= 0.6 is 17.0 Å². The molecular weight excluding hydrogens is 1080 g/mol. The van der Waals surface area contributed by atoms with E-state index in [9.17, 15) is 17.0 Å². The molecule has 78 heavy (non-hydrogen) atoms. The van der Waals surface area contributed by atoms with Gasteiger partial charge in [-0.1, -0.05) is 0 Å². The summed E-state index contributed by atoms with van der Waals surface area (Å²) in [7, 11) is 18.9. The molecule has 6 aromatic rings. The Bertz CT molecular complexity index is 3240. The van der Waals surface area contributed by atoms with Crippen molar-refractivity contribution in [3.05, 3.63) is 170 Å². The average Bonchev–Trinajstić information content (AvgIpc) is 3.70. The van der Waals surface area contributed by atoms with Gasteiger partial charge in [-0.05, 0) is 0 Å². The van der Waals surface area contributed by atoms with Crippen molar-refractivity contribution in [2.24, 2.45) is 10.8 Å². The second kappa shape index (κ2) is 18.8. The number of fused-ring (bicyclic) bond motifs is 5. The minimum atomic E-state index is -6.09. The van der Waals surface area contributed by atoms with Crippen molar-refractivity contribution in [3.8, 4) is 33.4 Å². The predicted octanol–water partition coefficient (Wildman–Crippen LogP) is 19.9. The summed E-state index contributed by atoms with van der Waals surface area (Å²) in [5.41, 5.74) is 22.9. The Balaban J connectivity index is 1.48. The van der Waals surface area contributed by atoms with Crippen molar-refractivity contribution in [2.75, 3.05) is 0 Å². The van der Waals surface area contributed by atoms with E-state index in [-0.39, 0.29) is 50.6 Å². The number of hydrogen-bond donors (Lipinski definition) is 0. The van der Waals surface area contributed by atoms with E-state index in [1.807, 2.05) is 0 Å². The Morgan fingerprint density at radius 2 is 0.731 bits per heavy atom. The van der Waals surface area contributed by atoms with E-state index in [0.29, 0.717) is 0 Å². The van der Waals surface area contributed by atoms with E-state index in [2.05, 4.69) is 281 Å². The van der Waals surface area contributed by atoms with Crippen molar-refractivity contribution in [2.45, 2.75) is 206 Å². The molecule has 0 amide bonds. The predicted molar refractivity (Wildman–Crippen MR) is 347 cm³/mol. The first kappa shape index (κ1) is 59.1. The summed E-state index contributed by atoms with van der Waals surface area (Å²) in [5, 5.41) is 2.94. The molecule has 0 saturated carbocycles. The zero-order chi connectivity index (χ0) is 57.9. The molecule has 0 spiro atoms. The Kier molecular flexibility index (Phi) is 14.2. The third-order valence-corrected chi connectivity index (χ3v) is 40.6. The van der Waals surface area contributed by atoms with Crippen LogP contribution in [0.3, 0.4) is 0 Å². The molecule has 0 bridgehead atoms. The van der Waals surface area contributed by atoms with Gasteiger partial charge in [-0.15, -0.1) is 0 Å². The van der Waals surface area contributed by atoms with Crippen LogP contribution in [0.15, 0.2) is 114 Å². The van der Waals surface area contributed by atoms with Crippen molar-refractivity contribution in [1.82, 2.24) is 0 Å². The molecule has 1 heterocycles. The molecule has 413 valence electrons. The number of rotatable bonds is 5. The van der Waals surface area contributed by atoms with Crippen molar-refractivity contribution >= 4 is 52.3 Å². The van der Waals surface area contributed by atoms with Gasteiger partial charge >= 0.3 is 489 Å². The molecular formula is C74H95Cl2SiZr. The van der Waals surface area contributed by atoms with E-state index in [1.165, 1.54) is 114 Å². The molecule has 1 aliphatic heterocycles. The summed E-state index contributed by atoms with van der Waals surface area (Å²) >= 11 is -6.09. The van der Waals surface area contributed by atoms with Gasteiger partial charge < -0.3 is 0 Å². The molecule has 0 N–H and O–H groups in total. The van der Waals surface area contributed by atoms with Crippen LogP contribution in [-0.4, -0.2) is 9.52 Å². The van der Waals surface area contributed by atoms with Crippen LogP contribution in [0.5, 0.6) is 0 Å². The maximum atomic E-state index is 9.93. The van der Waals surface area contributed by atoms with Crippen LogP contribution in [0.4, 0.5) is 0 Å². The second-order valence-corrected chi connectivity index (χ2v) is 54.9. The van der Waals surface area contributed by atoms with Gasteiger partial charge in [0.25, 0.3) is 0 Å². The summed E-state index contributed by atoms with van der Waals surface area (Å²) in [6.07, 6.45) is 5.24. The molecule has 0 aromatic heterocycles. The molecule has 2 aliphatic carbocycles. The summed E-state index contributed by atoms with van der Waals surface area (Å²) in [4.78, 5) is 0. The first-order valence-electron chi connectivity index (χ1n) is 29.3. The molecule has 0 saturated heterocycles. The molecule has 2 unspecified atom stereocenters. The third kappa shape index (κ3) is 10.1. The van der Waals surface area contributed by atoms with Gasteiger partial charge in [0.05, 0.1) is 0 Å². The van der Waals surface area contributed by atoms with Crippen LogP contribution in [0.2, 0.25) is 0 Å². The van der Waals surface area contributed by atoms with Gasteiger partial charge in [-0.2, -0.15) is 0 Å². The summed E-state index contributed by atoms with van der Waals surface area (Å²) < 4.78 is 0.802. The molecule has 9 rings (SSSR count). The molecule has 4 heteroatoms.